The van der Waals surface area contributed by atoms with Crippen LogP contribution in [-0.2, 0) is 6.42 Å². The van der Waals surface area contributed by atoms with Crippen LogP contribution in [0.4, 0.5) is 4.79 Å². The van der Waals surface area contributed by atoms with Gasteiger partial charge in [0.25, 0.3) is 0 Å². The summed E-state index contributed by atoms with van der Waals surface area (Å²) in [5.41, 5.74) is 0. The van der Waals surface area contributed by atoms with E-state index in [1.165, 1.54) is 4.88 Å². The average molecular weight is 346 g/mol. The van der Waals surface area contributed by atoms with Crippen molar-refractivity contribution in [3.8, 4) is 0 Å². The summed E-state index contributed by atoms with van der Waals surface area (Å²) in [7, 11) is 0. The molecular formula is C17H22N4O2S. The number of likely N-dealkylation sites (tertiary alicyclic amines) is 2. The first-order valence-corrected chi connectivity index (χ1v) is 9.56. The fourth-order valence-corrected chi connectivity index (χ4v) is 4.20. The van der Waals surface area contributed by atoms with Crippen molar-refractivity contribution >= 4 is 17.4 Å². The number of nitrogens with zero attached hydrogens (tertiary/aromatic N) is 4. The molecule has 0 atom stereocenters. The Morgan fingerprint density at radius 1 is 1.21 bits per heavy atom. The number of aromatic nitrogens is 2. The van der Waals surface area contributed by atoms with E-state index in [0.29, 0.717) is 0 Å². The quantitative estimate of drug-likeness (QED) is 0.857. The molecule has 0 aromatic carbocycles. The average Bonchev–Trinajstić information content (AvgIpc) is 3.37. The summed E-state index contributed by atoms with van der Waals surface area (Å²) in [4.78, 5) is 22.2. The van der Waals surface area contributed by atoms with Crippen molar-refractivity contribution in [2.24, 2.45) is 0 Å². The lowest BCUT2D eigenvalue weighted by molar-refractivity contribution is 0.144. The molecule has 2 aromatic heterocycles. The third-order valence-corrected chi connectivity index (χ3v) is 5.76. The van der Waals surface area contributed by atoms with E-state index in [0.717, 1.165) is 70.0 Å². The number of piperidine rings is 1. The molecule has 4 rings (SSSR count). The Morgan fingerprint density at radius 2 is 1.96 bits per heavy atom. The molecule has 4 heterocycles. The Balaban J connectivity index is 1.32. The smallest absolute Gasteiger partial charge is 0.319 e. The fourth-order valence-electron chi connectivity index (χ4n) is 3.50. The topological polar surface area (TPSA) is 62.5 Å². The molecule has 0 saturated carbocycles. The lowest BCUT2D eigenvalue weighted by atomic mass is 9.97. The summed E-state index contributed by atoms with van der Waals surface area (Å²) in [6, 6.07) is 4.33. The predicted molar refractivity (Wildman–Crippen MR) is 91.2 cm³/mol. The Kier molecular flexibility index (Phi) is 4.51. The number of amides is 2. The number of carbonyl (C=O) groups is 1. The van der Waals surface area contributed by atoms with Gasteiger partial charge in [0.15, 0.2) is 5.82 Å². The highest BCUT2D eigenvalue weighted by atomic mass is 32.1. The third-order valence-electron chi connectivity index (χ3n) is 4.89. The normalized spacial score (nSPS) is 19.2. The van der Waals surface area contributed by atoms with E-state index in [1.807, 2.05) is 15.9 Å². The molecule has 7 heteroatoms. The lowest BCUT2D eigenvalue weighted by Crippen LogP contribution is -2.45. The second-order valence-electron chi connectivity index (χ2n) is 6.54. The largest absolute Gasteiger partial charge is 0.339 e. The van der Waals surface area contributed by atoms with Crippen molar-refractivity contribution < 1.29 is 9.32 Å². The maximum Gasteiger partial charge on any atom is 0.319 e. The van der Waals surface area contributed by atoms with E-state index in [4.69, 9.17) is 4.52 Å². The molecular weight excluding hydrogens is 324 g/mol. The molecule has 2 aliphatic heterocycles. The Morgan fingerprint density at radius 3 is 2.67 bits per heavy atom. The van der Waals surface area contributed by atoms with Crippen LogP contribution >= 0.6 is 11.3 Å². The molecule has 0 aliphatic carbocycles. The zero-order chi connectivity index (χ0) is 16.4. The van der Waals surface area contributed by atoms with Crippen LogP contribution in [0.2, 0.25) is 0 Å². The van der Waals surface area contributed by atoms with Gasteiger partial charge in [0.1, 0.15) is 0 Å². The number of urea groups is 1. The van der Waals surface area contributed by atoms with Gasteiger partial charge in [-0.3, -0.25) is 0 Å². The van der Waals surface area contributed by atoms with E-state index >= 15 is 0 Å². The number of hydrogen-bond acceptors (Lipinski definition) is 5. The molecule has 0 unspecified atom stereocenters. The molecule has 2 aliphatic rings. The summed E-state index contributed by atoms with van der Waals surface area (Å²) < 4.78 is 5.48. The van der Waals surface area contributed by atoms with Crippen LogP contribution in [0.15, 0.2) is 22.0 Å². The maximum atomic E-state index is 12.4. The monoisotopic (exact) mass is 346 g/mol. The van der Waals surface area contributed by atoms with Crippen molar-refractivity contribution in [3.05, 3.63) is 34.1 Å². The zero-order valence-corrected chi connectivity index (χ0v) is 14.5. The van der Waals surface area contributed by atoms with Crippen LogP contribution < -0.4 is 0 Å². The summed E-state index contributed by atoms with van der Waals surface area (Å²) in [5, 5.41) is 6.17. The fraction of sp³-hybridized carbons (Fsp3) is 0.588. The first-order chi connectivity index (χ1) is 11.8. The van der Waals surface area contributed by atoms with Gasteiger partial charge >= 0.3 is 6.03 Å². The van der Waals surface area contributed by atoms with E-state index in [1.54, 1.807) is 11.3 Å². The SMILES string of the molecule is O=C(N1CCCC1)N1CCC(c2nc(Cc3cccs3)no2)CC1. The molecule has 2 saturated heterocycles. The molecule has 2 aromatic rings. The van der Waals surface area contributed by atoms with Crippen molar-refractivity contribution in [1.29, 1.82) is 0 Å². The summed E-state index contributed by atoms with van der Waals surface area (Å²) in [5.74, 6) is 1.76. The van der Waals surface area contributed by atoms with E-state index in [-0.39, 0.29) is 11.9 Å². The number of thiophene rings is 1. The van der Waals surface area contributed by atoms with Gasteiger partial charge in [-0.25, -0.2) is 4.79 Å². The van der Waals surface area contributed by atoms with Crippen LogP contribution in [-0.4, -0.2) is 52.2 Å². The standard InChI is InChI=1S/C17H22N4O2S/c22-17(20-7-1-2-8-20)21-9-5-13(6-10-21)16-18-15(19-23-16)12-14-4-3-11-24-14/h3-4,11,13H,1-2,5-10,12H2. The Labute approximate surface area is 145 Å². The summed E-state index contributed by atoms with van der Waals surface area (Å²) in [6.07, 6.45) is 4.81. The molecule has 2 amide bonds. The molecule has 0 bridgehead atoms. The minimum absolute atomic E-state index is 0.204. The van der Waals surface area contributed by atoms with Gasteiger partial charge in [-0.05, 0) is 37.1 Å². The molecule has 0 spiro atoms. The second kappa shape index (κ2) is 6.93. The summed E-state index contributed by atoms with van der Waals surface area (Å²) in [6.45, 7) is 3.38. The van der Waals surface area contributed by atoms with Crippen molar-refractivity contribution in [3.63, 3.8) is 0 Å². The summed E-state index contributed by atoms with van der Waals surface area (Å²) >= 11 is 1.71. The molecule has 128 valence electrons. The minimum Gasteiger partial charge on any atom is -0.339 e. The maximum absolute atomic E-state index is 12.4. The molecule has 24 heavy (non-hydrogen) atoms. The van der Waals surface area contributed by atoms with E-state index in [2.05, 4.69) is 21.6 Å². The molecule has 0 N–H and O–H groups in total. The van der Waals surface area contributed by atoms with Gasteiger partial charge in [0, 0.05) is 43.4 Å². The van der Waals surface area contributed by atoms with Crippen LogP contribution in [0.25, 0.3) is 0 Å². The van der Waals surface area contributed by atoms with Gasteiger partial charge in [-0.1, -0.05) is 11.2 Å². The number of rotatable bonds is 3. The van der Waals surface area contributed by atoms with Crippen molar-refractivity contribution in [2.45, 2.75) is 38.0 Å². The van der Waals surface area contributed by atoms with Gasteiger partial charge in [0.05, 0.1) is 0 Å². The van der Waals surface area contributed by atoms with Gasteiger partial charge < -0.3 is 14.3 Å². The highest BCUT2D eigenvalue weighted by Crippen LogP contribution is 2.28. The molecule has 0 radical (unpaired) electrons. The number of carbonyl (C=O) groups excluding carboxylic acids is 1. The van der Waals surface area contributed by atoms with Crippen molar-refractivity contribution in [1.82, 2.24) is 19.9 Å². The highest BCUT2D eigenvalue weighted by Gasteiger charge is 2.30. The zero-order valence-electron chi connectivity index (χ0n) is 13.7. The van der Waals surface area contributed by atoms with E-state index in [9.17, 15) is 4.79 Å². The van der Waals surface area contributed by atoms with Crippen LogP contribution in [0.3, 0.4) is 0 Å². The van der Waals surface area contributed by atoms with Gasteiger partial charge in [-0.2, -0.15) is 4.98 Å². The van der Waals surface area contributed by atoms with Gasteiger partial charge in [-0.15, -0.1) is 11.3 Å². The highest BCUT2D eigenvalue weighted by molar-refractivity contribution is 7.09. The lowest BCUT2D eigenvalue weighted by Gasteiger charge is -2.33. The van der Waals surface area contributed by atoms with Crippen molar-refractivity contribution in [2.75, 3.05) is 26.2 Å². The van der Waals surface area contributed by atoms with Crippen LogP contribution in [0.5, 0.6) is 0 Å². The van der Waals surface area contributed by atoms with E-state index < -0.39 is 0 Å². The Hall–Kier alpha value is -1.89. The molecule has 2 fully saturated rings. The minimum atomic E-state index is 0.204. The van der Waals surface area contributed by atoms with Crippen LogP contribution in [0.1, 0.15) is 48.2 Å². The van der Waals surface area contributed by atoms with Gasteiger partial charge in [0.2, 0.25) is 5.89 Å². The second-order valence-corrected chi connectivity index (χ2v) is 7.58. The number of hydrogen-bond donors (Lipinski definition) is 0. The predicted octanol–water partition coefficient (Wildman–Crippen LogP) is 3.12. The Bertz CT molecular complexity index is 671. The third kappa shape index (κ3) is 3.31. The molecule has 6 nitrogen and oxygen atoms in total. The first kappa shape index (κ1) is 15.6. The van der Waals surface area contributed by atoms with Crippen LogP contribution in [0, 0.1) is 0 Å². The first-order valence-electron chi connectivity index (χ1n) is 8.68.